The SMILES string of the molecule is CCC(C)C(N)C(=O)NC(CCCN=C(N)N)C(=O)NC(C(=O)O)C(C)O. The minimum absolute atomic E-state index is 0.0976. The fourth-order valence-corrected chi connectivity index (χ4v) is 2.20. The Morgan fingerprint density at radius 3 is 2.15 bits per heavy atom. The zero-order valence-corrected chi connectivity index (χ0v) is 16.0. The van der Waals surface area contributed by atoms with Crippen LogP contribution in [0.2, 0.25) is 0 Å². The van der Waals surface area contributed by atoms with Crippen molar-refractivity contribution in [2.24, 2.45) is 28.1 Å². The van der Waals surface area contributed by atoms with Crippen LogP contribution in [0.15, 0.2) is 4.99 Å². The number of nitrogens with zero attached hydrogens (tertiary/aromatic N) is 1. The van der Waals surface area contributed by atoms with E-state index in [2.05, 4.69) is 15.6 Å². The normalized spacial score (nSPS) is 16.3. The van der Waals surface area contributed by atoms with E-state index >= 15 is 0 Å². The molecule has 0 saturated carbocycles. The van der Waals surface area contributed by atoms with E-state index in [0.29, 0.717) is 12.8 Å². The van der Waals surface area contributed by atoms with Gasteiger partial charge in [0.2, 0.25) is 11.8 Å². The molecule has 0 aromatic rings. The van der Waals surface area contributed by atoms with Crippen molar-refractivity contribution in [3.8, 4) is 0 Å². The molecule has 0 saturated heterocycles. The lowest BCUT2D eigenvalue weighted by Crippen LogP contribution is -2.57. The summed E-state index contributed by atoms with van der Waals surface area (Å²) in [6.45, 7) is 5.17. The molecular weight excluding hydrogens is 356 g/mol. The van der Waals surface area contributed by atoms with Gasteiger partial charge in [0.25, 0.3) is 0 Å². The first-order chi connectivity index (χ1) is 12.5. The topological polar surface area (TPSA) is 206 Å². The molecule has 0 bridgehead atoms. The summed E-state index contributed by atoms with van der Waals surface area (Å²) in [7, 11) is 0. The summed E-state index contributed by atoms with van der Waals surface area (Å²) in [4.78, 5) is 39.7. The fourth-order valence-electron chi connectivity index (χ4n) is 2.20. The van der Waals surface area contributed by atoms with Gasteiger partial charge in [-0.3, -0.25) is 14.6 Å². The fraction of sp³-hybridized carbons (Fsp3) is 0.750. The van der Waals surface area contributed by atoms with Crippen LogP contribution >= 0.6 is 0 Å². The molecule has 11 nitrogen and oxygen atoms in total. The first-order valence-corrected chi connectivity index (χ1v) is 8.83. The molecule has 0 rings (SSSR count). The number of carbonyl (C=O) groups is 3. The first kappa shape index (κ1) is 24.6. The Morgan fingerprint density at radius 1 is 1.11 bits per heavy atom. The van der Waals surface area contributed by atoms with Crippen molar-refractivity contribution < 1.29 is 24.6 Å². The summed E-state index contributed by atoms with van der Waals surface area (Å²) in [6.07, 6.45) is -0.111. The number of hydrogen-bond acceptors (Lipinski definition) is 6. The number of guanidine groups is 1. The quantitative estimate of drug-likeness (QED) is 0.111. The third-order valence-corrected chi connectivity index (χ3v) is 4.18. The van der Waals surface area contributed by atoms with Gasteiger partial charge in [0.15, 0.2) is 12.0 Å². The Hall–Kier alpha value is -2.40. The van der Waals surface area contributed by atoms with E-state index in [0.717, 1.165) is 0 Å². The van der Waals surface area contributed by atoms with E-state index in [4.69, 9.17) is 22.3 Å². The maximum absolute atomic E-state index is 12.5. The highest BCUT2D eigenvalue weighted by molar-refractivity contribution is 5.92. The molecule has 0 radical (unpaired) electrons. The molecule has 0 aliphatic carbocycles. The van der Waals surface area contributed by atoms with Crippen molar-refractivity contribution in [2.45, 2.75) is 64.3 Å². The number of aliphatic imine (C=N–C) groups is 1. The lowest BCUT2D eigenvalue weighted by Gasteiger charge is -2.25. The molecule has 2 amide bonds. The van der Waals surface area contributed by atoms with E-state index in [-0.39, 0.29) is 24.8 Å². The second-order valence-corrected chi connectivity index (χ2v) is 6.49. The maximum atomic E-state index is 12.5. The van der Waals surface area contributed by atoms with Gasteiger partial charge < -0.3 is 38.0 Å². The molecule has 0 aliphatic rings. The molecule has 0 fully saturated rings. The van der Waals surface area contributed by atoms with Crippen molar-refractivity contribution in [1.82, 2.24) is 10.6 Å². The molecule has 27 heavy (non-hydrogen) atoms. The molecule has 11 heteroatoms. The Labute approximate surface area is 158 Å². The molecule has 0 heterocycles. The van der Waals surface area contributed by atoms with Crippen molar-refractivity contribution in [3.05, 3.63) is 0 Å². The van der Waals surface area contributed by atoms with Crippen molar-refractivity contribution in [1.29, 1.82) is 0 Å². The lowest BCUT2D eigenvalue weighted by molar-refractivity contribution is -0.145. The average Bonchev–Trinajstić information content (AvgIpc) is 2.59. The molecule has 0 aromatic heterocycles. The van der Waals surface area contributed by atoms with E-state index in [1.165, 1.54) is 6.92 Å². The van der Waals surface area contributed by atoms with Gasteiger partial charge in [-0.2, -0.15) is 0 Å². The number of aliphatic carboxylic acids is 1. The van der Waals surface area contributed by atoms with Crippen LogP contribution in [0.5, 0.6) is 0 Å². The smallest absolute Gasteiger partial charge is 0.328 e. The van der Waals surface area contributed by atoms with Crippen molar-refractivity contribution >= 4 is 23.7 Å². The van der Waals surface area contributed by atoms with Gasteiger partial charge >= 0.3 is 5.97 Å². The van der Waals surface area contributed by atoms with Crippen molar-refractivity contribution in [2.75, 3.05) is 6.54 Å². The monoisotopic (exact) mass is 388 g/mol. The Balaban J connectivity index is 5.15. The van der Waals surface area contributed by atoms with E-state index in [1.807, 2.05) is 13.8 Å². The highest BCUT2D eigenvalue weighted by Crippen LogP contribution is 2.07. The third-order valence-electron chi connectivity index (χ3n) is 4.18. The Kier molecular flexibility index (Phi) is 11.0. The van der Waals surface area contributed by atoms with Gasteiger partial charge in [0, 0.05) is 6.54 Å². The van der Waals surface area contributed by atoms with E-state index < -0.39 is 42.0 Å². The number of nitrogens with two attached hydrogens (primary N) is 3. The van der Waals surface area contributed by atoms with Crippen LogP contribution in [0, 0.1) is 5.92 Å². The molecule has 10 N–H and O–H groups in total. The number of hydrogen-bond donors (Lipinski definition) is 7. The predicted molar refractivity (Wildman–Crippen MR) is 101 cm³/mol. The summed E-state index contributed by atoms with van der Waals surface area (Å²) >= 11 is 0. The number of carbonyl (C=O) groups excluding carboxylic acids is 2. The van der Waals surface area contributed by atoms with Crippen LogP contribution in [0.3, 0.4) is 0 Å². The van der Waals surface area contributed by atoms with Gasteiger partial charge in [-0.1, -0.05) is 20.3 Å². The summed E-state index contributed by atoms with van der Waals surface area (Å²) < 4.78 is 0. The number of rotatable bonds is 12. The number of nitrogens with one attached hydrogen (secondary N) is 2. The first-order valence-electron chi connectivity index (χ1n) is 8.83. The predicted octanol–water partition coefficient (Wildman–Crippen LogP) is -2.15. The number of carboxylic acid groups (broad SMARTS) is 1. The molecule has 5 atom stereocenters. The zero-order valence-electron chi connectivity index (χ0n) is 16.0. The van der Waals surface area contributed by atoms with E-state index in [1.54, 1.807) is 0 Å². The maximum Gasteiger partial charge on any atom is 0.328 e. The minimum Gasteiger partial charge on any atom is -0.480 e. The van der Waals surface area contributed by atoms with Crippen LogP contribution in [-0.4, -0.2) is 64.7 Å². The highest BCUT2D eigenvalue weighted by atomic mass is 16.4. The van der Waals surface area contributed by atoms with Crippen LogP contribution in [0.25, 0.3) is 0 Å². The second-order valence-electron chi connectivity index (χ2n) is 6.49. The second kappa shape index (κ2) is 12.1. The lowest BCUT2D eigenvalue weighted by atomic mass is 9.98. The van der Waals surface area contributed by atoms with Gasteiger partial charge in [0.1, 0.15) is 6.04 Å². The van der Waals surface area contributed by atoms with Crippen LogP contribution < -0.4 is 27.8 Å². The number of amides is 2. The largest absolute Gasteiger partial charge is 0.480 e. The average molecular weight is 388 g/mol. The number of carboxylic acids is 1. The third kappa shape index (κ3) is 9.20. The van der Waals surface area contributed by atoms with Crippen LogP contribution in [-0.2, 0) is 14.4 Å². The summed E-state index contributed by atoms with van der Waals surface area (Å²) in [5, 5.41) is 23.4. The highest BCUT2D eigenvalue weighted by Gasteiger charge is 2.30. The molecule has 156 valence electrons. The molecule has 0 spiro atoms. The minimum atomic E-state index is -1.50. The summed E-state index contributed by atoms with van der Waals surface area (Å²) in [5.41, 5.74) is 16.4. The van der Waals surface area contributed by atoms with Crippen LogP contribution in [0.4, 0.5) is 0 Å². The van der Waals surface area contributed by atoms with Gasteiger partial charge in [0.05, 0.1) is 12.1 Å². The van der Waals surface area contributed by atoms with Crippen LogP contribution in [0.1, 0.15) is 40.0 Å². The molecule has 0 aliphatic heterocycles. The number of aliphatic hydroxyl groups is 1. The Morgan fingerprint density at radius 2 is 1.70 bits per heavy atom. The number of aliphatic hydroxyl groups excluding tert-OH is 1. The van der Waals surface area contributed by atoms with Gasteiger partial charge in [-0.25, -0.2) is 4.79 Å². The van der Waals surface area contributed by atoms with Gasteiger partial charge in [-0.15, -0.1) is 0 Å². The van der Waals surface area contributed by atoms with E-state index in [9.17, 15) is 19.5 Å². The molecule has 5 unspecified atom stereocenters. The van der Waals surface area contributed by atoms with Gasteiger partial charge in [-0.05, 0) is 25.7 Å². The Bertz CT molecular complexity index is 535. The summed E-state index contributed by atoms with van der Waals surface area (Å²) in [6, 6.07) is -3.35. The molecule has 0 aromatic carbocycles. The standard InChI is InChI=1S/C16H32N6O5/c1-4-8(2)11(17)14(25)21-10(6-5-7-20-16(18)19)13(24)22-12(9(3)23)15(26)27/h8-12,23H,4-7,17H2,1-3H3,(H,21,25)(H,22,24)(H,26,27)(H4,18,19,20). The summed E-state index contributed by atoms with van der Waals surface area (Å²) in [5.74, 6) is -2.84. The molecular formula is C16H32N6O5. The zero-order chi connectivity index (χ0) is 21.1. The van der Waals surface area contributed by atoms with Crippen molar-refractivity contribution in [3.63, 3.8) is 0 Å².